The molecular weight excluding hydrogens is 518 g/mol. The third kappa shape index (κ3) is 8.26. The molecule has 2 rings (SSSR count). The maximum atomic E-state index is 13.8. The second-order valence-electron chi connectivity index (χ2n) is 8.70. The molecule has 2 aromatic carbocycles. The first-order chi connectivity index (χ1) is 17.4. The molecule has 0 bridgehead atoms. The number of halogens is 1. The topological polar surface area (TPSA) is 105 Å². The maximum absolute atomic E-state index is 13.8. The van der Waals surface area contributed by atoms with E-state index in [9.17, 15) is 18.0 Å². The highest BCUT2D eigenvalue weighted by Gasteiger charge is 2.33. The number of rotatable bonds is 13. The van der Waals surface area contributed by atoms with E-state index in [2.05, 4.69) is 5.32 Å². The molecule has 9 nitrogen and oxygen atoms in total. The molecular formula is C26H36ClN3O6S. The molecule has 37 heavy (non-hydrogen) atoms. The third-order valence-corrected chi connectivity index (χ3v) is 7.35. The standard InChI is InChI=1S/C26H36ClN3O6S/c1-7-18(3)28-26(32)22(8-2)29(16-19-9-12-21(35-4)13-10-19)25(31)17-30(37(6,33)34)23-15-20(27)11-14-24(23)36-5/h9-15,18,22H,7-8,16-17H2,1-6H3,(H,28,32)/t18-,22+/m0/s1. The minimum absolute atomic E-state index is 0.0808. The van der Waals surface area contributed by atoms with Gasteiger partial charge in [-0.25, -0.2) is 8.42 Å². The molecule has 0 heterocycles. The van der Waals surface area contributed by atoms with Crippen molar-refractivity contribution in [2.75, 3.05) is 31.3 Å². The fraction of sp³-hybridized carbons (Fsp3) is 0.462. The van der Waals surface area contributed by atoms with Gasteiger partial charge in [0.1, 0.15) is 24.1 Å². The van der Waals surface area contributed by atoms with E-state index >= 15 is 0 Å². The molecule has 2 amide bonds. The molecule has 204 valence electrons. The summed E-state index contributed by atoms with van der Waals surface area (Å²) in [6.07, 6.45) is 2.07. The molecule has 0 spiro atoms. The van der Waals surface area contributed by atoms with Gasteiger partial charge in [-0.2, -0.15) is 0 Å². The van der Waals surface area contributed by atoms with Crippen LogP contribution in [0.3, 0.4) is 0 Å². The van der Waals surface area contributed by atoms with Crippen LogP contribution in [0.2, 0.25) is 5.02 Å². The number of amides is 2. The van der Waals surface area contributed by atoms with Crippen LogP contribution >= 0.6 is 11.6 Å². The summed E-state index contributed by atoms with van der Waals surface area (Å²) in [7, 11) is -0.967. The summed E-state index contributed by atoms with van der Waals surface area (Å²) < 4.78 is 37.1. The third-order valence-electron chi connectivity index (χ3n) is 5.99. The van der Waals surface area contributed by atoms with Crippen LogP contribution < -0.4 is 19.1 Å². The first-order valence-corrected chi connectivity index (χ1v) is 14.2. The van der Waals surface area contributed by atoms with E-state index < -0.39 is 28.5 Å². The molecule has 0 saturated carbocycles. The number of nitrogens with zero attached hydrogens (tertiary/aromatic N) is 2. The number of methoxy groups -OCH3 is 2. The number of carbonyl (C=O) groups excluding carboxylic acids is 2. The predicted octanol–water partition coefficient (Wildman–Crippen LogP) is 3.85. The largest absolute Gasteiger partial charge is 0.497 e. The molecule has 0 aromatic heterocycles. The van der Waals surface area contributed by atoms with Gasteiger partial charge in [0.2, 0.25) is 21.8 Å². The van der Waals surface area contributed by atoms with Crippen LogP contribution in [0.25, 0.3) is 0 Å². The summed E-state index contributed by atoms with van der Waals surface area (Å²) in [6, 6.07) is 10.7. The van der Waals surface area contributed by atoms with Gasteiger partial charge in [-0.05, 0) is 55.7 Å². The highest BCUT2D eigenvalue weighted by atomic mass is 35.5. The molecule has 0 fully saturated rings. The number of benzene rings is 2. The predicted molar refractivity (Wildman–Crippen MR) is 146 cm³/mol. The Labute approximate surface area is 224 Å². The number of anilines is 1. The number of carbonyl (C=O) groups is 2. The minimum atomic E-state index is -3.92. The van der Waals surface area contributed by atoms with Gasteiger partial charge in [0.25, 0.3) is 0 Å². The quantitative estimate of drug-likeness (QED) is 0.404. The average Bonchev–Trinajstić information content (AvgIpc) is 2.86. The lowest BCUT2D eigenvalue weighted by molar-refractivity contribution is -0.140. The fourth-order valence-corrected chi connectivity index (χ4v) is 4.75. The number of hydrogen-bond donors (Lipinski definition) is 1. The lowest BCUT2D eigenvalue weighted by Gasteiger charge is -2.33. The Morgan fingerprint density at radius 2 is 1.68 bits per heavy atom. The van der Waals surface area contributed by atoms with E-state index in [1.807, 2.05) is 20.8 Å². The van der Waals surface area contributed by atoms with Gasteiger partial charge in [0.05, 0.1) is 26.2 Å². The molecule has 0 unspecified atom stereocenters. The first-order valence-electron chi connectivity index (χ1n) is 12.0. The average molecular weight is 554 g/mol. The van der Waals surface area contributed by atoms with E-state index in [1.54, 1.807) is 37.4 Å². The summed E-state index contributed by atoms with van der Waals surface area (Å²) in [4.78, 5) is 28.4. The van der Waals surface area contributed by atoms with Crippen molar-refractivity contribution in [3.8, 4) is 11.5 Å². The van der Waals surface area contributed by atoms with E-state index in [0.29, 0.717) is 12.2 Å². The Morgan fingerprint density at radius 1 is 1.03 bits per heavy atom. The maximum Gasteiger partial charge on any atom is 0.244 e. The number of ether oxygens (including phenoxy) is 2. The van der Waals surface area contributed by atoms with Gasteiger partial charge in [0, 0.05) is 17.6 Å². The van der Waals surface area contributed by atoms with Crippen LogP contribution in [0, 0.1) is 0 Å². The Morgan fingerprint density at radius 3 is 2.19 bits per heavy atom. The van der Waals surface area contributed by atoms with Crippen LogP contribution in [0.4, 0.5) is 5.69 Å². The van der Waals surface area contributed by atoms with E-state index in [-0.39, 0.29) is 35.0 Å². The lowest BCUT2D eigenvalue weighted by Crippen LogP contribution is -2.53. The van der Waals surface area contributed by atoms with Crippen molar-refractivity contribution < 1.29 is 27.5 Å². The number of sulfonamides is 1. The lowest BCUT2D eigenvalue weighted by atomic mass is 10.1. The van der Waals surface area contributed by atoms with Gasteiger partial charge in [-0.15, -0.1) is 0 Å². The van der Waals surface area contributed by atoms with Crippen LogP contribution in [0.15, 0.2) is 42.5 Å². The van der Waals surface area contributed by atoms with Gasteiger partial charge >= 0.3 is 0 Å². The summed E-state index contributed by atoms with van der Waals surface area (Å²) >= 11 is 6.14. The van der Waals surface area contributed by atoms with Crippen molar-refractivity contribution in [2.45, 2.75) is 52.2 Å². The van der Waals surface area contributed by atoms with Crippen molar-refractivity contribution >= 4 is 39.1 Å². The van der Waals surface area contributed by atoms with Crippen molar-refractivity contribution in [3.05, 3.63) is 53.1 Å². The smallest absolute Gasteiger partial charge is 0.244 e. The molecule has 1 N–H and O–H groups in total. The Hall–Kier alpha value is -2.98. The zero-order chi connectivity index (χ0) is 27.8. The minimum Gasteiger partial charge on any atom is -0.497 e. The monoisotopic (exact) mass is 553 g/mol. The number of hydrogen-bond acceptors (Lipinski definition) is 6. The fourth-order valence-electron chi connectivity index (χ4n) is 3.74. The van der Waals surface area contributed by atoms with Crippen LogP contribution in [0.1, 0.15) is 39.2 Å². The molecule has 2 atom stereocenters. The molecule has 0 aliphatic carbocycles. The molecule has 0 radical (unpaired) electrons. The van der Waals surface area contributed by atoms with Crippen LogP contribution in [0.5, 0.6) is 11.5 Å². The van der Waals surface area contributed by atoms with Gasteiger partial charge in [-0.3, -0.25) is 13.9 Å². The molecule has 0 aliphatic rings. The Bertz CT molecular complexity index is 1170. The van der Waals surface area contributed by atoms with Gasteiger partial charge in [-0.1, -0.05) is 37.6 Å². The van der Waals surface area contributed by atoms with E-state index in [0.717, 1.165) is 22.5 Å². The summed E-state index contributed by atoms with van der Waals surface area (Å²) in [5.41, 5.74) is 0.891. The summed E-state index contributed by atoms with van der Waals surface area (Å²) in [5.74, 6) is 0.0461. The van der Waals surface area contributed by atoms with Crippen LogP contribution in [-0.4, -0.2) is 64.2 Å². The molecule has 0 aliphatic heterocycles. The van der Waals surface area contributed by atoms with Crippen LogP contribution in [-0.2, 0) is 26.2 Å². The molecule has 11 heteroatoms. The zero-order valence-electron chi connectivity index (χ0n) is 22.2. The van der Waals surface area contributed by atoms with Crippen molar-refractivity contribution in [1.29, 1.82) is 0 Å². The Balaban J connectivity index is 2.50. The van der Waals surface area contributed by atoms with E-state index in [4.69, 9.17) is 21.1 Å². The highest BCUT2D eigenvalue weighted by Crippen LogP contribution is 2.33. The second kappa shape index (κ2) is 13.5. The first kappa shape index (κ1) is 30.2. The normalized spacial score (nSPS) is 12.8. The van der Waals surface area contributed by atoms with Crippen molar-refractivity contribution in [2.24, 2.45) is 0 Å². The highest BCUT2D eigenvalue weighted by molar-refractivity contribution is 7.92. The van der Waals surface area contributed by atoms with E-state index in [1.165, 1.54) is 24.1 Å². The zero-order valence-corrected chi connectivity index (χ0v) is 23.7. The second-order valence-corrected chi connectivity index (χ2v) is 11.0. The Kier molecular flexibility index (Phi) is 11.1. The number of nitrogens with one attached hydrogen (secondary N) is 1. The summed E-state index contributed by atoms with van der Waals surface area (Å²) in [5, 5.41) is 3.22. The SMILES string of the molecule is CC[C@H](C(=O)N[C@@H](C)CC)N(Cc1ccc(OC)cc1)C(=O)CN(c1cc(Cl)ccc1OC)S(C)(=O)=O. The molecule has 2 aromatic rings. The summed E-state index contributed by atoms with van der Waals surface area (Å²) in [6.45, 7) is 5.20. The van der Waals surface area contributed by atoms with Gasteiger partial charge in [0.15, 0.2) is 0 Å². The van der Waals surface area contributed by atoms with Crippen molar-refractivity contribution in [1.82, 2.24) is 10.2 Å². The molecule has 0 saturated heterocycles. The van der Waals surface area contributed by atoms with Gasteiger partial charge < -0.3 is 19.7 Å². The van der Waals surface area contributed by atoms with Crippen molar-refractivity contribution in [3.63, 3.8) is 0 Å².